The normalized spacial score (nSPS) is 22.8. The van der Waals surface area contributed by atoms with Gasteiger partial charge in [0.1, 0.15) is 5.82 Å². The van der Waals surface area contributed by atoms with E-state index in [9.17, 15) is 0 Å². The number of aromatic nitrogens is 3. The van der Waals surface area contributed by atoms with Crippen LogP contribution in [-0.2, 0) is 4.74 Å². The van der Waals surface area contributed by atoms with Gasteiger partial charge in [0.2, 0.25) is 0 Å². The first-order valence-corrected chi connectivity index (χ1v) is 7.06. The van der Waals surface area contributed by atoms with Crippen LogP contribution in [0.5, 0.6) is 0 Å². The molecule has 1 aromatic heterocycles. The van der Waals surface area contributed by atoms with Crippen LogP contribution >= 0.6 is 12.2 Å². The average molecular weight is 275 g/mol. The second-order valence-electron chi connectivity index (χ2n) is 4.77. The lowest BCUT2D eigenvalue weighted by Crippen LogP contribution is -2.17. The zero-order valence-corrected chi connectivity index (χ0v) is 11.7. The number of hydrogen-bond donors (Lipinski definition) is 1. The highest BCUT2D eigenvalue weighted by Crippen LogP contribution is 2.33. The molecule has 2 aromatic rings. The van der Waals surface area contributed by atoms with Crippen LogP contribution in [0.3, 0.4) is 0 Å². The fourth-order valence-electron chi connectivity index (χ4n) is 2.73. The molecule has 2 atom stereocenters. The molecule has 2 heterocycles. The zero-order valence-electron chi connectivity index (χ0n) is 10.9. The third-order valence-corrected chi connectivity index (χ3v) is 3.93. The second kappa shape index (κ2) is 5.27. The molecular weight excluding hydrogens is 258 g/mol. The van der Waals surface area contributed by atoms with Crippen molar-refractivity contribution in [3.63, 3.8) is 0 Å². The minimum absolute atomic E-state index is 0.243. The summed E-state index contributed by atoms with van der Waals surface area (Å²) in [7, 11) is 0. The van der Waals surface area contributed by atoms with E-state index in [1.165, 1.54) is 0 Å². The molecule has 1 N–H and O–H groups in total. The first-order chi connectivity index (χ1) is 9.31. The lowest BCUT2D eigenvalue weighted by atomic mass is 9.98. The molecule has 0 spiro atoms. The number of aromatic amines is 1. The van der Waals surface area contributed by atoms with Crippen molar-refractivity contribution in [3.8, 4) is 5.69 Å². The number of ether oxygens (including phenoxy) is 1. The summed E-state index contributed by atoms with van der Waals surface area (Å²) >= 11 is 5.37. The van der Waals surface area contributed by atoms with Crippen molar-refractivity contribution >= 4 is 12.2 Å². The van der Waals surface area contributed by atoms with E-state index in [0.29, 0.717) is 10.7 Å². The maximum Gasteiger partial charge on any atom is 0.199 e. The third-order valence-electron chi connectivity index (χ3n) is 3.66. The minimum Gasteiger partial charge on any atom is -0.377 e. The molecule has 100 valence electrons. The standard InChI is InChI=1S/C14H17N3OS/c1-2-12-11(8-9-18-12)13-15-16-14(19)17(13)10-6-4-3-5-7-10/h3-7,11-12H,2,8-9H2,1H3,(H,16,19). The van der Waals surface area contributed by atoms with Crippen LogP contribution in [-0.4, -0.2) is 27.5 Å². The molecule has 4 nitrogen and oxygen atoms in total. The van der Waals surface area contributed by atoms with Gasteiger partial charge in [-0.3, -0.25) is 9.67 Å². The highest BCUT2D eigenvalue weighted by molar-refractivity contribution is 7.71. The minimum atomic E-state index is 0.243. The average Bonchev–Trinajstić information content (AvgIpc) is 3.05. The molecule has 5 heteroatoms. The Hall–Kier alpha value is -1.46. The van der Waals surface area contributed by atoms with Gasteiger partial charge in [-0.05, 0) is 37.2 Å². The summed E-state index contributed by atoms with van der Waals surface area (Å²) in [6, 6.07) is 10.1. The summed E-state index contributed by atoms with van der Waals surface area (Å²) in [5, 5.41) is 7.36. The van der Waals surface area contributed by atoms with E-state index in [2.05, 4.69) is 17.1 Å². The van der Waals surface area contributed by atoms with Crippen LogP contribution in [0, 0.1) is 4.77 Å². The van der Waals surface area contributed by atoms with Crippen molar-refractivity contribution in [2.75, 3.05) is 6.61 Å². The van der Waals surface area contributed by atoms with Gasteiger partial charge in [0.05, 0.1) is 6.10 Å². The van der Waals surface area contributed by atoms with Gasteiger partial charge in [-0.1, -0.05) is 25.1 Å². The largest absolute Gasteiger partial charge is 0.377 e. The highest BCUT2D eigenvalue weighted by atomic mass is 32.1. The molecule has 1 aliphatic heterocycles. The van der Waals surface area contributed by atoms with Crippen LogP contribution < -0.4 is 0 Å². The highest BCUT2D eigenvalue weighted by Gasteiger charge is 2.32. The van der Waals surface area contributed by atoms with Crippen LogP contribution in [0.1, 0.15) is 31.5 Å². The topological polar surface area (TPSA) is 42.8 Å². The lowest BCUT2D eigenvalue weighted by molar-refractivity contribution is 0.0991. The SMILES string of the molecule is CCC1OCCC1c1n[nH]c(=S)n1-c1ccccc1. The van der Waals surface area contributed by atoms with Gasteiger partial charge in [-0.25, -0.2) is 0 Å². The maximum absolute atomic E-state index is 5.77. The van der Waals surface area contributed by atoms with E-state index in [1.54, 1.807) is 0 Å². The smallest absolute Gasteiger partial charge is 0.199 e. The monoisotopic (exact) mass is 275 g/mol. The Balaban J connectivity index is 2.07. The number of nitrogens with one attached hydrogen (secondary N) is 1. The molecule has 19 heavy (non-hydrogen) atoms. The Morgan fingerprint density at radius 2 is 2.21 bits per heavy atom. The molecule has 1 saturated heterocycles. The van der Waals surface area contributed by atoms with Crippen molar-refractivity contribution in [1.29, 1.82) is 0 Å². The number of para-hydroxylation sites is 1. The predicted molar refractivity (Wildman–Crippen MR) is 76.1 cm³/mol. The summed E-state index contributed by atoms with van der Waals surface area (Å²) in [4.78, 5) is 0. The van der Waals surface area contributed by atoms with E-state index in [-0.39, 0.29) is 6.10 Å². The number of benzene rings is 1. The Morgan fingerprint density at radius 1 is 1.42 bits per heavy atom. The summed E-state index contributed by atoms with van der Waals surface area (Å²) < 4.78 is 8.43. The molecular formula is C14H17N3OS. The third kappa shape index (κ3) is 2.24. The van der Waals surface area contributed by atoms with Gasteiger partial charge in [0.25, 0.3) is 0 Å². The first kappa shape index (κ1) is 12.6. The van der Waals surface area contributed by atoms with Crippen molar-refractivity contribution < 1.29 is 4.74 Å². The number of nitrogens with zero attached hydrogens (tertiary/aromatic N) is 2. The molecule has 1 aromatic carbocycles. The van der Waals surface area contributed by atoms with Gasteiger partial charge in [-0.15, -0.1) is 0 Å². The van der Waals surface area contributed by atoms with Gasteiger partial charge >= 0.3 is 0 Å². The summed E-state index contributed by atoms with van der Waals surface area (Å²) in [5.74, 6) is 1.30. The van der Waals surface area contributed by atoms with E-state index in [1.807, 2.05) is 34.9 Å². The summed E-state index contributed by atoms with van der Waals surface area (Å²) in [6.45, 7) is 2.95. The van der Waals surface area contributed by atoms with Crippen molar-refractivity contribution in [2.45, 2.75) is 31.8 Å². The maximum atomic E-state index is 5.77. The lowest BCUT2D eigenvalue weighted by Gasteiger charge is -2.17. The molecule has 3 rings (SSSR count). The first-order valence-electron chi connectivity index (χ1n) is 6.65. The van der Waals surface area contributed by atoms with E-state index >= 15 is 0 Å². The van der Waals surface area contributed by atoms with Gasteiger partial charge in [-0.2, -0.15) is 5.10 Å². The summed E-state index contributed by atoms with van der Waals surface area (Å²) in [5.41, 5.74) is 1.05. The van der Waals surface area contributed by atoms with Crippen LogP contribution in [0.15, 0.2) is 30.3 Å². The van der Waals surface area contributed by atoms with Crippen molar-refractivity contribution in [3.05, 3.63) is 40.9 Å². The molecule has 0 aliphatic carbocycles. The Kier molecular flexibility index (Phi) is 3.48. The Morgan fingerprint density at radius 3 is 2.95 bits per heavy atom. The second-order valence-corrected chi connectivity index (χ2v) is 5.16. The molecule has 1 aliphatic rings. The van der Waals surface area contributed by atoms with E-state index < -0.39 is 0 Å². The van der Waals surface area contributed by atoms with Crippen LogP contribution in [0.2, 0.25) is 0 Å². The van der Waals surface area contributed by atoms with Crippen molar-refractivity contribution in [1.82, 2.24) is 14.8 Å². The molecule has 2 unspecified atom stereocenters. The van der Waals surface area contributed by atoms with Gasteiger partial charge < -0.3 is 4.74 Å². The zero-order chi connectivity index (χ0) is 13.2. The van der Waals surface area contributed by atoms with E-state index in [4.69, 9.17) is 17.0 Å². The summed E-state index contributed by atoms with van der Waals surface area (Å²) in [6.07, 6.45) is 2.25. The molecule has 0 bridgehead atoms. The Bertz CT molecular complexity index is 605. The molecule has 0 saturated carbocycles. The predicted octanol–water partition coefficient (Wildman–Crippen LogP) is 3.21. The molecule has 0 amide bonds. The molecule has 1 fully saturated rings. The van der Waals surface area contributed by atoms with Gasteiger partial charge in [0, 0.05) is 18.2 Å². The van der Waals surface area contributed by atoms with Crippen molar-refractivity contribution in [2.24, 2.45) is 0 Å². The number of hydrogen-bond acceptors (Lipinski definition) is 3. The van der Waals surface area contributed by atoms with E-state index in [0.717, 1.165) is 31.0 Å². The number of rotatable bonds is 3. The fraction of sp³-hybridized carbons (Fsp3) is 0.429. The number of H-pyrrole nitrogens is 1. The van der Waals surface area contributed by atoms with Crippen LogP contribution in [0.4, 0.5) is 0 Å². The quantitative estimate of drug-likeness (QED) is 0.875. The molecule has 0 radical (unpaired) electrons. The van der Waals surface area contributed by atoms with Gasteiger partial charge in [0.15, 0.2) is 4.77 Å². The van der Waals surface area contributed by atoms with Crippen LogP contribution in [0.25, 0.3) is 5.69 Å². The Labute approximate surface area is 117 Å². The fourth-order valence-corrected chi connectivity index (χ4v) is 2.98.